The molecular formula is C6H10O. The minimum atomic E-state index is 0.0764. The van der Waals surface area contributed by atoms with E-state index in [9.17, 15) is 0 Å². The number of aliphatic hydroxyl groups excluding tert-OH is 1. The van der Waals surface area contributed by atoms with Crippen LogP contribution in [0, 0.1) is 11.3 Å². The van der Waals surface area contributed by atoms with Crippen molar-refractivity contribution < 1.29 is 5.11 Å². The largest absolute Gasteiger partial charge is 0.392 e. The van der Waals surface area contributed by atoms with Crippen molar-refractivity contribution in [3.63, 3.8) is 0 Å². The lowest BCUT2D eigenvalue weighted by atomic mass is 10.3. The van der Waals surface area contributed by atoms with Crippen molar-refractivity contribution in [3.8, 4) is 0 Å². The third kappa shape index (κ3) is 0.260. The normalized spacial score (nSPS) is 52.3. The lowest BCUT2D eigenvalue weighted by Gasteiger charge is -1.72. The topological polar surface area (TPSA) is 20.2 Å². The highest BCUT2D eigenvalue weighted by molar-refractivity contribution is 5.18. The average molecular weight is 98.1 g/mol. The van der Waals surface area contributed by atoms with Crippen molar-refractivity contribution in [2.24, 2.45) is 11.3 Å². The summed E-state index contributed by atoms with van der Waals surface area (Å²) >= 11 is 0. The number of aliphatic hydroxyl groups is 1. The second kappa shape index (κ2) is 0.752. The van der Waals surface area contributed by atoms with Crippen molar-refractivity contribution in [3.05, 3.63) is 0 Å². The van der Waals surface area contributed by atoms with Gasteiger partial charge in [-0.05, 0) is 18.8 Å². The van der Waals surface area contributed by atoms with Crippen LogP contribution in [0.25, 0.3) is 0 Å². The van der Waals surface area contributed by atoms with E-state index in [4.69, 9.17) is 5.11 Å². The molecule has 1 spiro atoms. The Morgan fingerprint density at radius 2 is 2.00 bits per heavy atom. The molecule has 0 aliphatic heterocycles. The van der Waals surface area contributed by atoms with Crippen LogP contribution in [0.15, 0.2) is 0 Å². The maximum absolute atomic E-state index is 9.03. The van der Waals surface area contributed by atoms with Crippen molar-refractivity contribution in [1.29, 1.82) is 0 Å². The van der Waals surface area contributed by atoms with Crippen LogP contribution in [0.3, 0.4) is 0 Å². The average Bonchev–Trinajstić information content (AvgIpc) is 2.47. The van der Waals surface area contributed by atoms with Gasteiger partial charge >= 0.3 is 0 Å². The molecule has 2 saturated carbocycles. The smallest absolute Gasteiger partial charge is 0.0631 e. The summed E-state index contributed by atoms with van der Waals surface area (Å²) in [5.41, 5.74) is 0.472. The van der Waals surface area contributed by atoms with Gasteiger partial charge in [0.1, 0.15) is 0 Å². The lowest BCUT2D eigenvalue weighted by Crippen LogP contribution is -1.79. The van der Waals surface area contributed by atoms with Gasteiger partial charge in [-0.3, -0.25) is 0 Å². The van der Waals surface area contributed by atoms with E-state index >= 15 is 0 Å². The minimum absolute atomic E-state index is 0.0764. The summed E-state index contributed by atoms with van der Waals surface area (Å²) in [5.74, 6) is 0.632. The second-order valence-electron chi connectivity index (χ2n) is 2.97. The Bertz CT molecular complexity index is 94.7. The van der Waals surface area contributed by atoms with Crippen LogP contribution in [0.5, 0.6) is 0 Å². The van der Waals surface area contributed by atoms with Crippen molar-refractivity contribution in [1.82, 2.24) is 0 Å². The molecule has 0 aromatic carbocycles. The molecule has 0 bridgehead atoms. The monoisotopic (exact) mass is 98.1 g/mol. The summed E-state index contributed by atoms with van der Waals surface area (Å²) in [4.78, 5) is 0. The van der Waals surface area contributed by atoms with Gasteiger partial charge in [0.15, 0.2) is 0 Å². The molecular weight excluding hydrogens is 88.1 g/mol. The molecule has 2 aliphatic carbocycles. The minimum Gasteiger partial charge on any atom is -0.392 e. The number of hydrogen-bond donors (Lipinski definition) is 1. The Labute approximate surface area is 43.3 Å². The van der Waals surface area contributed by atoms with Gasteiger partial charge in [-0.1, -0.05) is 6.92 Å². The molecule has 40 valence electrons. The molecule has 0 heterocycles. The SMILES string of the molecule is CC1C(O)C12CC2. The fourth-order valence-corrected chi connectivity index (χ4v) is 1.57. The number of hydrogen-bond acceptors (Lipinski definition) is 1. The van der Waals surface area contributed by atoms with Gasteiger partial charge in [-0.25, -0.2) is 0 Å². The van der Waals surface area contributed by atoms with Crippen LogP contribution in [0.1, 0.15) is 19.8 Å². The van der Waals surface area contributed by atoms with Crippen molar-refractivity contribution in [2.45, 2.75) is 25.9 Å². The maximum atomic E-state index is 9.03. The zero-order valence-electron chi connectivity index (χ0n) is 4.52. The lowest BCUT2D eigenvalue weighted by molar-refractivity contribution is 0.246. The Kier molecular flexibility index (Phi) is 0.419. The van der Waals surface area contributed by atoms with E-state index in [1.807, 2.05) is 0 Å². The van der Waals surface area contributed by atoms with Gasteiger partial charge in [0.2, 0.25) is 0 Å². The Morgan fingerprint density at radius 3 is 2.00 bits per heavy atom. The van der Waals surface area contributed by atoms with Gasteiger partial charge in [0, 0.05) is 5.41 Å². The highest BCUT2D eigenvalue weighted by Crippen LogP contribution is 2.70. The summed E-state index contributed by atoms with van der Waals surface area (Å²) in [6.45, 7) is 2.14. The summed E-state index contributed by atoms with van der Waals surface area (Å²) in [7, 11) is 0. The molecule has 0 radical (unpaired) electrons. The Morgan fingerprint density at radius 1 is 1.57 bits per heavy atom. The molecule has 2 atom stereocenters. The van der Waals surface area contributed by atoms with Crippen molar-refractivity contribution in [2.75, 3.05) is 0 Å². The first-order valence-corrected chi connectivity index (χ1v) is 2.95. The van der Waals surface area contributed by atoms with Crippen LogP contribution in [0.2, 0.25) is 0 Å². The summed E-state index contributed by atoms with van der Waals surface area (Å²) < 4.78 is 0. The van der Waals surface area contributed by atoms with E-state index in [1.165, 1.54) is 12.8 Å². The summed E-state index contributed by atoms with van der Waals surface area (Å²) in [6, 6.07) is 0. The number of rotatable bonds is 0. The fraction of sp³-hybridized carbons (Fsp3) is 1.00. The van der Waals surface area contributed by atoms with E-state index in [0.717, 1.165) is 0 Å². The van der Waals surface area contributed by atoms with Crippen LogP contribution < -0.4 is 0 Å². The molecule has 1 N–H and O–H groups in total. The van der Waals surface area contributed by atoms with Crippen molar-refractivity contribution >= 4 is 0 Å². The first-order chi connectivity index (χ1) is 3.27. The van der Waals surface area contributed by atoms with Crippen LogP contribution >= 0.6 is 0 Å². The van der Waals surface area contributed by atoms with E-state index in [-0.39, 0.29) is 6.10 Å². The van der Waals surface area contributed by atoms with E-state index in [2.05, 4.69) is 6.92 Å². The van der Waals surface area contributed by atoms with Gasteiger partial charge in [-0.15, -0.1) is 0 Å². The Balaban J connectivity index is 2.17. The summed E-state index contributed by atoms with van der Waals surface area (Å²) in [6.07, 6.45) is 2.65. The molecule has 1 heteroatoms. The van der Waals surface area contributed by atoms with Gasteiger partial charge in [-0.2, -0.15) is 0 Å². The van der Waals surface area contributed by atoms with Gasteiger partial charge in [0.05, 0.1) is 6.10 Å². The first kappa shape index (κ1) is 3.90. The maximum Gasteiger partial charge on any atom is 0.0631 e. The molecule has 0 aromatic rings. The molecule has 2 unspecified atom stereocenters. The molecule has 0 aromatic heterocycles. The zero-order valence-corrected chi connectivity index (χ0v) is 4.52. The molecule has 0 amide bonds. The quantitative estimate of drug-likeness (QED) is 0.474. The molecule has 2 fully saturated rings. The molecule has 2 aliphatic rings. The third-order valence-electron chi connectivity index (χ3n) is 2.69. The van der Waals surface area contributed by atoms with Gasteiger partial charge < -0.3 is 5.11 Å². The van der Waals surface area contributed by atoms with Crippen LogP contribution in [-0.2, 0) is 0 Å². The highest BCUT2D eigenvalue weighted by atomic mass is 16.3. The molecule has 2 rings (SSSR count). The standard InChI is InChI=1S/C6H10O/c1-4-5(7)6(4)2-3-6/h4-5,7H,2-3H2,1H3. The molecule has 1 nitrogen and oxygen atoms in total. The van der Waals surface area contributed by atoms with E-state index in [1.54, 1.807) is 0 Å². The van der Waals surface area contributed by atoms with Crippen LogP contribution in [-0.4, -0.2) is 11.2 Å². The summed E-state index contributed by atoms with van der Waals surface area (Å²) in [5, 5.41) is 9.03. The predicted molar refractivity (Wildman–Crippen MR) is 26.8 cm³/mol. The third-order valence-corrected chi connectivity index (χ3v) is 2.69. The molecule has 7 heavy (non-hydrogen) atoms. The van der Waals surface area contributed by atoms with E-state index < -0.39 is 0 Å². The molecule has 0 saturated heterocycles. The highest BCUT2D eigenvalue weighted by Gasteiger charge is 2.69. The second-order valence-corrected chi connectivity index (χ2v) is 2.97. The predicted octanol–water partition coefficient (Wildman–Crippen LogP) is 0.777. The fourth-order valence-electron chi connectivity index (χ4n) is 1.57. The first-order valence-electron chi connectivity index (χ1n) is 2.95. The zero-order chi connectivity index (χ0) is 5.07. The Hall–Kier alpha value is -0.0400. The van der Waals surface area contributed by atoms with Crippen LogP contribution in [0.4, 0.5) is 0 Å². The van der Waals surface area contributed by atoms with Gasteiger partial charge in [0.25, 0.3) is 0 Å². The van der Waals surface area contributed by atoms with E-state index in [0.29, 0.717) is 11.3 Å².